The monoisotopic (exact) mass is 464 g/mol. The van der Waals surface area contributed by atoms with Gasteiger partial charge in [0, 0.05) is 17.8 Å². The normalized spacial score (nSPS) is 18.5. The van der Waals surface area contributed by atoms with Crippen LogP contribution >= 0.6 is 11.8 Å². The van der Waals surface area contributed by atoms with Crippen molar-refractivity contribution >= 4 is 40.3 Å². The number of fused-ring (bicyclic) bond motifs is 1. The third kappa shape index (κ3) is 5.08. The van der Waals surface area contributed by atoms with Crippen molar-refractivity contribution < 1.29 is 9.59 Å². The number of benzene rings is 2. The Morgan fingerprint density at radius 3 is 2.39 bits per heavy atom. The largest absolute Gasteiger partial charge is 0.336 e. The van der Waals surface area contributed by atoms with E-state index in [1.807, 2.05) is 65.8 Å². The van der Waals surface area contributed by atoms with Crippen molar-refractivity contribution in [2.45, 2.75) is 70.7 Å². The fourth-order valence-electron chi connectivity index (χ4n) is 4.76. The second-order valence-corrected chi connectivity index (χ2v) is 9.95. The maximum absolute atomic E-state index is 13.3. The van der Waals surface area contributed by atoms with Crippen molar-refractivity contribution in [2.75, 3.05) is 11.1 Å². The van der Waals surface area contributed by atoms with Crippen molar-refractivity contribution in [2.24, 2.45) is 0 Å². The highest BCUT2D eigenvalue weighted by atomic mass is 32.2. The van der Waals surface area contributed by atoms with Crippen LogP contribution in [0, 0.1) is 13.8 Å². The van der Waals surface area contributed by atoms with E-state index < -0.39 is 0 Å². The minimum Gasteiger partial charge on any atom is -0.336 e. The fraction of sp³-hybridized carbons (Fsp3) is 0.423. The Bertz CT molecular complexity index is 1140. The summed E-state index contributed by atoms with van der Waals surface area (Å²) in [6.45, 7) is 8.48. The minimum absolute atomic E-state index is 0.0828. The Kier molecular flexibility index (Phi) is 7.08. The highest BCUT2D eigenvalue weighted by Crippen LogP contribution is 2.27. The van der Waals surface area contributed by atoms with Gasteiger partial charge in [0.25, 0.3) is 0 Å². The molecule has 4 rings (SSSR count). The number of nitrogens with one attached hydrogen (secondary N) is 1. The summed E-state index contributed by atoms with van der Waals surface area (Å²) in [5, 5.41) is 3.73. The number of imidazole rings is 1. The molecule has 0 spiro atoms. The second kappa shape index (κ2) is 10.00. The second-order valence-electron chi connectivity index (χ2n) is 9.00. The van der Waals surface area contributed by atoms with Crippen molar-refractivity contribution in [1.29, 1.82) is 0 Å². The van der Waals surface area contributed by atoms with E-state index >= 15 is 0 Å². The number of nitrogens with zero attached hydrogens (tertiary/aromatic N) is 3. The van der Waals surface area contributed by atoms with Crippen LogP contribution in [0.5, 0.6) is 0 Å². The van der Waals surface area contributed by atoms with Crippen LogP contribution in [0.1, 0.15) is 44.2 Å². The molecule has 2 amide bonds. The summed E-state index contributed by atoms with van der Waals surface area (Å²) in [4.78, 5) is 32.8. The lowest BCUT2D eigenvalue weighted by Crippen LogP contribution is -2.48. The zero-order valence-corrected chi connectivity index (χ0v) is 20.6. The maximum Gasteiger partial charge on any atom is 0.243 e. The molecule has 0 aliphatic carbocycles. The SMILES string of the molecule is Cc1cccc(C)c1NC(=O)CSc1nc2ccccc2n1CC(=O)N1[C@@H](C)CCC[C@@H]1C. The van der Waals surface area contributed by atoms with E-state index in [0.717, 1.165) is 47.1 Å². The number of likely N-dealkylation sites (tertiary alicyclic amines) is 1. The summed E-state index contributed by atoms with van der Waals surface area (Å²) in [5.74, 6) is 0.252. The molecule has 33 heavy (non-hydrogen) atoms. The van der Waals surface area contributed by atoms with E-state index in [2.05, 4.69) is 19.2 Å². The Hall–Kier alpha value is -2.80. The number of carbonyl (C=O) groups is 2. The van der Waals surface area contributed by atoms with Gasteiger partial charge < -0.3 is 14.8 Å². The molecule has 0 unspecified atom stereocenters. The van der Waals surface area contributed by atoms with E-state index in [1.54, 1.807) is 0 Å². The number of hydrogen-bond donors (Lipinski definition) is 1. The summed E-state index contributed by atoms with van der Waals surface area (Å²) in [5.41, 5.74) is 4.69. The zero-order valence-electron chi connectivity index (χ0n) is 19.8. The first kappa shape index (κ1) is 23.4. The first-order valence-corrected chi connectivity index (χ1v) is 12.6. The molecule has 2 heterocycles. The van der Waals surface area contributed by atoms with Gasteiger partial charge in [-0.25, -0.2) is 4.98 Å². The van der Waals surface area contributed by atoms with E-state index in [9.17, 15) is 9.59 Å². The van der Waals surface area contributed by atoms with Gasteiger partial charge >= 0.3 is 0 Å². The molecular formula is C26H32N4O2S. The van der Waals surface area contributed by atoms with Crippen molar-refractivity contribution in [3.05, 3.63) is 53.6 Å². The Morgan fingerprint density at radius 2 is 1.70 bits per heavy atom. The number of aromatic nitrogens is 2. The average molecular weight is 465 g/mol. The molecule has 0 saturated carbocycles. The lowest BCUT2D eigenvalue weighted by atomic mass is 9.97. The van der Waals surface area contributed by atoms with Crippen LogP contribution in [0.15, 0.2) is 47.6 Å². The molecule has 174 valence electrons. The molecule has 7 heteroatoms. The standard InChI is InChI=1S/C26H32N4O2S/c1-17-9-7-10-18(2)25(17)28-23(31)16-33-26-27-21-13-5-6-14-22(21)29(26)15-24(32)30-19(3)11-8-12-20(30)4/h5-7,9-10,13-14,19-20H,8,11-12,15-16H2,1-4H3,(H,28,31)/t19-,20-/m0/s1. The van der Waals surface area contributed by atoms with E-state index in [4.69, 9.17) is 4.98 Å². The van der Waals surface area contributed by atoms with Crippen molar-refractivity contribution in [3.8, 4) is 0 Å². The fourth-order valence-corrected chi connectivity index (χ4v) is 5.58. The number of anilines is 1. The maximum atomic E-state index is 13.3. The number of hydrogen-bond acceptors (Lipinski definition) is 4. The Balaban J connectivity index is 1.52. The summed E-state index contributed by atoms with van der Waals surface area (Å²) in [6, 6.07) is 14.3. The Labute approximate surface area is 199 Å². The Morgan fingerprint density at radius 1 is 1.03 bits per heavy atom. The number of piperidine rings is 1. The lowest BCUT2D eigenvalue weighted by molar-refractivity contribution is -0.138. The van der Waals surface area contributed by atoms with Gasteiger partial charge in [-0.05, 0) is 70.2 Å². The summed E-state index contributed by atoms with van der Waals surface area (Å²) >= 11 is 1.37. The van der Waals surface area contributed by atoms with Gasteiger partial charge in [-0.1, -0.05) is 42.1 Å². The third-order valence-corrected chi connectivity index (χ3v) is 7.45. The topological polar surface area (TPSA) is 67.2 Å². The zero-order chi connectivity index (χ0) is 23.5. The van der Waals surface area contributed by atoms with Crippen LogP contribution in [-0.2, 0) is 16.1 Å². The minimum atomic E-state index is -0.0828. The molecule has 2 atom stereocenters. The van der Waals surface area contributed by atoms with Crippen molar-refractivity contribution in [3.63, 3.8) is 0 Å². The van der Waals surface area contributed by atoms with E-state index in [0.29, 0.717) is 5.16 Å². The summed E-state index contributed by atoms with van der Waals surface area (Å²) in [6.07, 6.45) is 3.25. The lowest BCUT2D eigenvalue weighted by Gasteiger charge is -2.39. The summed E-state index contributed by atoms with van der Waals surface area (Å²) < 4.78 is 1.96. The highest BCUT2D eigenvalue weighted by Gasteiger charge is 2.29. The molecule has 6 nitrogen and oxygen atoms in total. The van der Waals surface area contributed by atoms with Gasteiger partial charge in [-0.3, -0.25) is 9.59 Å². The van der Waals surface area contributed by atoms with Gasteiger partial charge in [0.2, 0.25) is 11.8 Å². The smallest absolute Gasteiger partial charge is 0.243 e. The first-order chi connectivity index (χ1) is 15.8. The van der Waals surface area contributed by atoms with Crippen LogP contribution in [0.4, 0.5) is 5.69 Å². The van der Waals surface area contributed by atoms with E-state index in [-0.39, 0.29) is 36.2 Å². The molecule has 1 fully saturated rings. The van der Waals surface area contributed by atoms with Crippen molar-refractivity contribution in [1.82, 2.24) is 14.5 Å². The predicted molar refractivity (Wildman–Crippen MR) is 135 cm³/mol. The number of carbonyl (C=O) groups excluding carboxylic acids is 2. The van der Waals surface area contributed by atoms with E-state index in [1.165, 1.54) is 11.8 Å². The number of para-hydroxylation sites is 3. The molecule has 2 aromatic carbocycles. The molecular weight excluding hydrogens is 432 g/mol. The molecule has 1 aromatic heterocycles. The van der Waals surface area contributed by atoms with Gasteiger partial charge in [0.1, 0.15) is 6.54 Å². The average Bonchev–Trinajstić information content (AvgIpc) is 3.12. The highest BCUT2D eigenvalue weighted by molar-refractivity contribution is 7.99. The van der Waals surface area contributed by atoms with Crippen LogP contribution in [-0.4, -0.2) is 44.1 Å². The molecule has 1 N–H and O–H groups in total. The predicted octanol–water partition coefficient (Wildman–Crippen LogP) is 5.17. The molecule has 0 radical (unpaired) electrons. The van der Waals surface area contributed by atoms with Gasteiger partial charge in [0.15, 0.2) is 5.16 Å². The number of amides is 2. The summed E-state index contributed by atoms with van der Waals surface area (Å²) in [7, 11) is 0. The first-order valence-electron chi connectivity index (χ1n) is 11.6. The van der Waals surface area contributed by atoms with Crippen LogP contribution < -0.4 is 5.32 Å². The van der Waals surface area contributed by atoms with Crippen LogP contribution in [0.3, 0.4) is 0 Å². The van der Waals surface area contributed by atoms with Gasteiger partial charge in [0.05, 0.1) is 16.8 Å². The number of rotatable bonds is 6. The van der Waals surface area contributed by atoms with Gasteiger partial charge in [-0.2, -0.15) is 0 Å². The molecule has 0 bridgehead atoms. The number of thioether (sulfide) groups is 1. The number of aryl methyl sites for hydroxylation is 2. The quantitative estimate of drug-likeness (QED) is 0.511. The molecule has 1 saturated heterocycles. The third-order valence-electron chi connectivity index (χ3n) is 6.47. The molecule has 1 aliphatic heterocycles. The molecule has 3 aromatic rings. The molecule has 1 aliphatic rings. The van der Waals surface area contributed by atoms with Crippen LogP contribution in [0.25, 0.3) is 11.0 Å². The van der Waals surface area contributed by atoms with Gasteiger partial charge in [-0.15, -0.1) is 0 Å². The van der Waals surface area contributed by atoms with Crippen LogP contribution in [0.2, 0.25) is 0 Å².